The summed E-state index contributed by atoms with van der Waals surface area (Å²) < 4.78 is 0. The van der Waals surface area contributed by atoms with Gasteiger partial charge in [0.25, 0.3) is 0 Å². The second-order valence-corrected chi connectivity index (χ2v) is 5.07. The molecule has 2 rings (SSSR count). The maximum atomic E-state index is 10.9. The van der Waals surface area contributed by atoms with Crippen molar-refractivity contribution in [2.24, 2.45) is 11.5 Å². The van der Waals surface area contributed by atoms with Crippen LogP contribution in [0.25, 0.3) is 0 Å². The molecule has 0 radical (unpaired) electrons. The molecular weight excluding hydrogens is 240 g/mol. The highest BCUT2D eigenvalue weighted by Crippen LogP contribution is 2.08. The molecule has 5 nitrogen and oxygen atoms in total. The van der Waals surface area contributed by atoms with Crippen molar-refractivity contribution >= 4 is 5.91 Å². The lowest BCUT2D eigenvalue weighted by atomic mass is 10.2. The van der Waals surface area contributed by atoms with Gasteiger partial charge in [0.05, 0.1) is 6.04 Å². The summed E-state index contributed by atoms with van der Waals surface area (Å²) >= 11 is 0. The van der Waals surface area contributed by atoms with Crippen molar-refractivity contribution in [3.63, 3.8) is 0 Å². The molecule has 104 valence electrons. The number of rotatable bonds is 5. The van der Waals surface area contributed by atoms with Gasteiger partial charge in [-0.2, -0.15) is 0 Å². The molecule has 0 spiro atoms. The molecule has 5 heteroatoms. The van der Waals surface area contributed by atoms with Crippen LogP contribution < -0.4 is 11.5 Å². The fourth-order valence-electron chi connectivity index (χ4n) is 2.34. The van der Waals surface area contributed by atoms with Gasteiger partial charge < -0.3 is 11.5 Å². The minimum Gasteiger partial charge on any atom is -0.368 e. The van der Waals surface area contributed by atoms with Crippen molar-refractivity contribution in [2.75, 3.05) is 32.7 Å². The van der Waals surface area contributed by atoms with Crippen LogP contribution in [0, 0.1) is 0 Å². The molecular formula is C14H22N4O. The van der Waals surface area contributed by atoms with Crippen LogP contribution >= 0.6 is 0 Å². The standard InChI is InChI=1S/C14H22N4O/c15-13(14(16)19)11-18-8-6-17(7-9-18)10-12-4-2-1-3-5-12/h1-5,13H,6-11,15H2,(H2,16,19). The Hall–Kier alpha value is -1.43. The van der Waals surface area contributed by atoms with Crippen LogP contribution in [-0.4, -0.2) is 54.5 Å². The fraction of sp³-hybridized carbons (Fsp3) is 0.500. The summed E-state index contributed by atoms with van der Waals surface area (Å²) in [6.07, 6.45) is 0. The van der Waals surface area contributed by atoms with Gasteiger partial charge in [-0.25, -0.2) is 0 Å². The predicted molar refractivity (Wildman–Crippen MR) is 75.3 cm³/mol. The molecule has 0 saturated carbocycles. The molecule has 1 unspecified atom stereocenters. The summed E-state index contributed by atoms with van der Waals surface area (Å²) in [5.74, 6) is -0.424. The molecule has 0 aromatic heterocycles. The van der Waals surface area contributed by atoms with Crippen LogP contribution in [0.4, 0.5) is 0 Å². The third kappa shape index (κ3) is 4.31. The third-order valence-electron chi connectivity index (χ3n) is 3.53. The van der Waals surface area contributed by atoms with E-state index in [1.165, 1.54) is 5.56 Å². The molecule has 1 aromatic rings. The first-order chi connectivity index (χ1) is 9.15. The summed E-state index contributed by atoms with van der Waals surface area (Å²) in [5.41, 5.74) is 12.2. The highest BCUT2D eigenvalue weighted by Gasteiger charge is 2.20. The second-order valence-electron chi connectivity index (χ2n) is 5.07. The van der Waals surface area contributed by atoms with Gasteiger partial charge in [0.15, 0.2) is 0 Å². The first-order valence-corrected chi connectivity index (χ1v) is 6.68. The molecule has 1 aromatic carbocycles. The Labute approximate surface area is 114 Å². The van der Waals surface area contributed by atoms with Crippen molar-refractivity contribution in [1.82, 2.24) is 9.80 Å². The summed E-state index contributed by atoms with van der Waals surface area (Å²) in [4.78, 5) is 15.6. The molecule has 0 aliphatic carbocycles. The van der Waals surface area contributed by atoms with E-state index in [4.69, 9.17) is 11.5 Å². The Morgan fingerprint density at radius 3 is 2.26 bits per heavy atom. The molecule has 1 heterocycles. The third-order valence-corrected chi connectivity index (χ3v) is 3.53. The number of carbonyl (C=O) groups excluding carboxylic acids is 1. The summed E-state index contributed by atoms with van der Waals surface area (Å²) in [6, 6.07) is 9.91. The topological polar surface area (TPSA) is 75.6 Å². The number of primary amides is 1. The number of nitrogens with zero attached hydrogens (tertiary/aromatic N) is 2. The van der Waals surface area contributed by atoms with Crippen LogP contribution in [0.5, 0.6) is 0 Å². The average molecular weight is 262 g/mol. The lowest BCUT2D eigenvalue weighted by molar-refractivity contribution is -0.119. The quantitative estimate of drug-likeness (QED) is 0.758. The largest absolute Gasteiger partial charge is 0.368 e. The Balaban J connectivity index is 1.75. The Kier molecular flexibility index (Phi) is 4.90. The number of hydrogen-bond acceptors (Lipinski definition) is 4. The van der Waals surface area contributed by atoms with Gasteiger partial charge in [0, 0.05) is 39.3 Å². The summed E-state index contributed by atoms with van der Waals surface area (Å²) in [5, 5.41) is 0. The zero-order chi connectivity index (χ0) is 13.7. The number of hydrogen-bond donors (Lipinski definition) is 2. The SMILES string of the molecule is NC(=O)C(N)CN1CCN(Cc2ccccc2)CC1. The lowest BCUT2D eigenvalue weighted by Gasteiger charge is -2.35. The summed E-state index contributed by atoms with van der Waals surface area (Å²) in [7, 11) is 0. The van der Waals surface area contributed by atoms with Crippen molar-refractivity contribution < 1.29 is 4.79 Å². The maximum Gasteiger partial charge on any atom is 0.235 e. The molecule has 19 heavy (non-hydrogen) atoms. The normalized spacial score (nSPS) is 19.2. The Morgan fingerprint density at radius 2 is 1.68 bits per heavy atom. The van der Waals surface area contributed by atoms with Gasteiger partial charge in [-0.15, -0.1) is 0 Å². The van der Waals surface area contributed by atoms with Gasteiger partial charge >= 0.3 is 0 Å². The van der Waals surface area contributed by atoms with Gasteiger partial charge in [-0.1, -0.05) is 30.3 Å². The Morgan fingerprint density at radius 1 is 1.11 bits per heavy atom. The van der Waals surface area contributed by atoms with Crippen LogP contribution in [0.3, 0.4) is 0 Å². The number of carbonyl (C=O) groups is 1. The number of nitrogens with two attached hydrogens (primary N) is 2. The van der Waals surface area contributed by atoms with E-state index in [0.29, 0.717) is 6.54 Å². The van der Waals surface area contributed by atoms with Crippen molar-refractivity contribution in [1.29, 1.82) is 0 Å². The maximum absolute atomic E-state index is 10.9. The van der Waals surface area contributed by atoms with Crippen LogP contribution in [0.1, 0.15) is 5.56 Å². The Bertz CT molecular complexity index is 401. The lowest BCUT2D eigenvalue weighted by Crippen LogP contribution is -2.52. The van der Waals surface area contributed by atoms with E-state index in [-0.39, 0.29) is 0 Å². The predicted octanol–water partition coefficient (Wildman–Crippen LogP) is -0.383. The average Bonchev–Trinajstić information content (AvgIpc) is 2.42. The minimum atomic E-state index is -0.555. The molecule has 0 bridgehead atoms. The van der Waals surface area contributed by atoms with Crippen LogP contribution in [0.2, 0.25) is 0 Å². The van der Waals surface area contributed by atoms with E-state index in [1.54, 1.807) is 0 Å². The van der Waals surface area contributed by atoms with E-state index >= 15 is 0 Å². The molecule has 1 saturated heterocycles. The van der Waals surface area contributed by atoms with Gasteiger partial charge in [0.1, 0.15) is 0 Å². The first kappa shape index (κ1) is 14.0. The highest BCUT2D eigenvalue weighted by atomic mass is 16.1. The van der Waals surface area contributed by atoms with Crippen LogP contribution in [0.15, 0.2) is 30.3 Å². The molecule has 1 aliphatic heterocycles. The van der Waals surface area contributed by atoms with Crippen LogP contribution in [-0.2, 0) is 11.3 Å². The van der Waals surface area contributed by atoms with E-state index in [2.05, 4.69) is 34.1 Å². The zero-order valence-electron chi connectivity index (χ0n) is 11.2. The van der Waals surface area contributed by atoms with E-state index in [1.807, 2.05) is 6.07 Å². The zero-order valence-corrected chi connectivity index (χ0v) is 11.2. The monoisotopic (exact) mass is 262 g/mol. The summed E-state index contributed by atoms with van der Waals surface area (Å²) in [6.45, 7) is 5.42. The van der Waals surface area contributed by atoms with Gasteiger partial charge in [0.2, 0.25) is 5.91 Å². The van der Waals surface area contributed by atoms with E-state index < -0.39 is 11.9 Å². The number of piperazine rings is 1. The highest BCUT2D eigenvalue weighted by molar-refractivity contribution is 5.79. The van der Waals surface area contributed by atoms with Crippen molar-refractivity contribution in [3.8, 4) is 0 Å². The number of amides is 1. The minimum absolute atomic E-state index is 0.424. The van der Waals surface area contributed by atoms with Gasteiger partial charge in [-0.3, -0.25) is 14.6 Å². The van der Waals surface area contributed by atoms with E-state index in [9.17, 15) is 4.79 Å². The molecule has 1 fully saturated rings. The van der Waals surface area contributed by atoms with Gasteiger partial charge in [-0.05, 0) is 5.56 Å². The smallest absolute Gasteiger partial charge is 0.235 e. The van der Waals surface area contributed by atoms with Crippen molar-refractivity contribution in [2.45, 2.75) is 12.6 Å². The molecule has 1 aliphatic rings. The molecule has 1 atom stereocenters. The second kappa shape index (κ2) is 6.65. The fourth-order valence-corrected chi connectivity index (χ4v) is 2.34. The van der Waals surface area contributed by atoms with Crippen molar-refractivity contribution in [3.05, 3.63) is 35.9 Å². The number of benzene rings is 1. The molecule has 1 amide bonds. The molecule has 4 N–H and O–H groups in total. The first-order valence-electron chi connectivity index (χ1n) is 6.68. The van der Waals surface area contributed by atoms with E-state index in [0.717, 1.165) is 32.7 Å².